The van der Waals surface area contributed by atoms with Gasteiger partial charge in [0.1, 0.15) is 5.82 Å². The van der Waals surface area contributed by atoms with Crippen molar-refractivity contribution in [3.63, 3.8) is 0 Å². The number of urea groups is 1. The van der Waals surface area contributed by atoms with Crippen LogP contribution in [0.25, 0.3) is 0 Å². The van der Waals surface area contributed by atoms with Crippen molar-refractivity contribution >= 4 is 40.2 Å². The monoisotopic (exact) mass is 437 g/mol. The molecule has 156 valence electrons. The van der Waals surface area contributed by atoms with E-state index < -0.39 is 11.3 Å². The first-order valence-corrected chi connectivity index (χ1v) is 11.3. The summed E-state index contributed by atoms with van der Waals surface area (Å²) in [4.78, 5) is 24.3. The van der Waals surface area contributed by atoms with E-state index in [1.807, 2.05) is 0 Å². The molecule has 1 aromatic carbocycles. The van der Waals surface area contributed by atoms with Crippen LogP contribution in [0.5, 0.6) is 0 Å². The number of anilines is 1. The zero-order valence-corrected chi connectivity index (χ0v) is 17.7. The smallest absolute Gasteiger partial charge is 0.321 e. The lowest BCUT2D eigenvalue weighted by Gasteiger charge is -2.22. The largest absolute Gasteiger partial charge is 0.356 e. The van der Waals surface area contributed by atoms with Crippen LogP contribution in [0.2, 0.25) is 0 Å². The minimum absolute atomic E-state index is 0.150. The van der Waals surface area contributed by atoms with Crippen LogP contribution < -0.4 is 16.0 Å². The lowest BCUT2D eigenvalue weighted by Crippen LogP contribution is -2.47. The lowest BCUT2D eigenvalue weighted by atomic mass is 9.96. The van der Waals surface area contributed by atoms with Crippen molar-refractivity contribution in [3.05, 3.63) is 35.6 Å². The van der Waals surface area contributed by atoms with Crippen LogP contribution in [0.3, 0.4) is 0 Å². The number of hydrogen-bond acceptors (Lipinski definition) is 7. The summed E-state index contributed by atoms with van der Waals surface area (Å²) in [6, 6.07) is 5.92. The Labute approximate surface area is 177 Å². The van der Waals surface area contributed by atoms with Crippen LogP contribution >= 0.6 is 23.1 Å². The van der Waals surface area contributed by atoms with Crippen LogP contribution in [0, 0.1) is 5.82 Å². The standard InChI is InChI=1S/C19H24FN5O2S2/c1-12(16(26)23-17(27)22-15-5-3-2-4-6-15)28-19-25-24-18(29-19)21-11-13-7-9-14(20)10-8-13/h7-10,12,15H,2-6,11H2,1H3,(H,21,24)(H2,22,23,26,27). The molecule has 1 unspecified atom stereocenters. The van der Waals surface area contributed by atoms with Crippen molar-refractivity contribution in [3.8, 4) is 0 Å². The Morgan fingerprint density at radius 1 is 1.21 bits per heavy atom. The molecule has 0 aliphatic heterocycles. The molecule has 1 aliphatic rings. The summed E-state index contributed by atoms with van der Waals surface area (Å²) in [5.41, 5.74) is 0.924. The van der Waals surface area contributed by atoms with Gasteiger partial charge in [0.05, 0.1) is 5.25 Å². The molecular formula is C19H24FN5O2S2. The maximum absolute atomic E-state index is 12.9. The quantitative estimate of drug-likeness (QED) is 0.568. The van der Waals surface area contributed by atoms with E-state index in [2.05, 4.69) is 26.1 Å². The number of halogens is 1. The average molecular weight is 438 g/mol. The number of carbonyl (C=O) groups is 2. The summed E-state index contributed by atoms with van der Waals surface area (Å²) in [6.07, 6.45) is 5.35. The van der Waals surface area contributed by atoms with Crippen LogP contribution in [0.4, 0.5) is 14.3 Å². The third-order valence-electron chi connectivity index (χ3n) is 4.59. The summed E-state index contributed by atoms with van der Waals surface area (Å²) in [7, 11) is 0. The van der Waals surface area contributed by atoms with Crippen LogP contribution in [0.15, 0.2) is 28.6 Å². The number of imide groups is 1. The number of benzene rings is 1. The Morgan fingerprint density at radius 3 is 2.66 bits per heavy atom. The van der Waals surface area contributed by atoms with Gasteiger partial charge in [0.2, 0.25) is 11.0 Å². The minimum atomic E-state index is -0.481. The topological polar surface area (TPSA) is 96.0 Å². The number of carbonyl (C=O) groups excluding carboxylic acids is 2. The highest BCUT2D eigenvalue weighted by Gasteiger charge is 2.21. The second-order valence-electron chi connectivity index (χ2n) is 6.91. The first-order valence-electron chi connectivity index (χ1n) is 9.59. The highest BCUT2D eigenvalue weighted by atomic mass is 32.2. The third-order valence-corrected chi connectivity index (χ3v) is 6.65. The van der Waals surface area contributed by atoms with Gasteiger partial charge in [-0.1, -0.05) is 54.5 Å². The Hall–Kier alpha value is -2.20. The van der Waals surface area contributed by atoms with E-state index in [4.69, 9.17) is 0 Å². The van der Waals surface area contributed by atoms with E-state index in [-0.39, 0.29) is 17.8 Å². The first-order chi connectivity index (χ1) is 14.0. The Bertz CT molecular complexity index is 824. The van der Waals surface area contributed by atoms with Gasteiger partial charge in [0.15, 0.2) is 4.34 Å². The van der Waals surface area contributed by atoms with E-state index in [0.29, 0.717) is 16.0 Å². The molecule has 3 rings (SSSR count). The number of amides is 3. The number of nitrogens with one attached hydrogen (secondary N) is 3. The predicted molar refractivity (Wildman–Crippen MR) is 113 cm³/mol. The molecule has 0 radical (unpaired) electrons. The van der Waals surface area contributed by atoms with Gasteiger partial charge in [-0.2, -0.15) is 0 Å². The maximum atomic E-state index is 12.9. The highest BCUT2D eigenvalue weighted by Crippen LogP contribution is 2.29. The SMILES string of the molecule is CC(Sc1nnc(NCc2ccc(F)cc2)s1)C(=O)NC(=O)NC1CCCCC1. The molecular weight excluding hydrogens is 413 g/mol. The number of aromatic nitrogens is 2. The van der Waals surface area contributed by atoms with Gasteiger partial charge in [-0.15, -0.1) is 10.2 Å². The summed E-state index contributed by atoms with van der Waals surface area (Å²) < 4.78 is 13.6. The summed E-state index contributed by atoms with van der Waals surface area (Å²) >= 11 is 2.57. The van der Waals surface area contributed by atoms with E-state index in [0.717, 1.165) is 31.2 Å². The van der Waals surface area contributed by atoms with Gasteiger partial charge in [0.25, 0.3) is 0 Å². The van der Waals surface area contributed by atoms with Crippen LogP contribution in [0.1, 0.15) is 44.6 Å². The molecule has 1 fully saturated rings. The molecule has 7 nitrogen and oxygen atoms in total. The third kappa shape index (κ3) is 6.97. The lowest BCUT2D eigenvalue weighted by molar-refractivity contribution is -0.119. The molecule has 1 aromatic heterocycles. The molecule has 10 heteroatoms. The van der Waals surface area contributed by atoms with Crippen molar-refractivity contribution in [2.75, 3.05) is 5.32 Å². The Balaban J connectivity index is 1.42. The van der Waals surface area contributed by atoms with Gasteiger partial charge in [-0.05, 0) is 37.5 Å². The number of hydrogen-bond donors (Lipinski definition) is 3. The molecule has 3 amide bonds. The molecule has 1 atom stereocenters. The van der Waals surface area contributed by atoms with Gasteiger partial charge in [-0.25, -0.2) is 9.18 Å². The molecule has 2 aromatic rings. The van der Waals surface area contributed by atoms with Gasteiger partial charge in [0, 0.05) is 12.6 Å². The van der Waals surface area contributed by atoms with Crippen molar-refractivity contribution in [2.45, 2.75) is 61.2 Å². The molecule has 0 saturated heterocycles. The predicted octanol–water partition coefficient (Wildman–Crippen LogP) is 3.93. The van der Waals surface area contributed by atoms with E-state index in [1.54, 1.807) is 19.1 Å². The average Bonchev–Trinajstić information content (AvgIpc) is 3.15. The summed E-state index contributed by atoms with van der Waals surface area (Å²) in [6.45, 7) is 2.22. The summed E-state index contributed by atoms with van der Waals surface area (Å²) in [5.74, 6) is -0.637. The van der Waals surface area contributed by atoms with Gasteiger partial charge < -0.3 is 10.6 Å². The van der Waals surface area contributed by atoms with Crippen LogP contribution in [-0.2, 0) is 11.3 Å². The molecule has 3 N–H and O–H groups in total. The molecule has 1 aliphatic carbocycles. The fraction of sp³-hybridized carbons (Fsp3) is 0.474. The maximum Gasteiger partial charge on any atom is 0.321 e. The van der Waals surface area contributed by atoms with Crippen molar-refractivity contribution in [1.29, 1.82) is 0 Å². The van der Waals surface area contributed by atoms with Gasteiger partial charge >= 0.3 is 6.03 Å². The second-order valence-corrected chi connectivity index (χ2v) is 9.48. The number of thioether (sulfide) groups is 1. The number of nitrogens with zero attached hydrogens (tertiary/aromatic N) is 2. The van der Waals surface area contributed by atoms with Crippen molar-refractivity contribution in [2.24, 2.45) is 0 Å². The van der Waals surface area contributed by atoms with Gasteiger partial charge in [-0.3, -0.25) is 10.1 Å². The van der Waals surface area contributed by atoms with E-state index in [1.165, 1.54) is 41.7 Å². The molecule has 1 heterocycles. The minimum Gasteiger partial charge on any atom is -0.356 e. The van der Waals surface area contributed by atoms with Crippen LogP contribution in [-0.4, -0.2) is 33.4 Å². The van der Waals surface area contributed by atoms with Crippen molar-refractivity contribution < 1.29 is 14.0 Å². The highest BCUT2D eigenvalue weighted by molar-refractivity contribution is 8.02. The molecule has 1 saturated carbocycles. The summed E-state index contributed by atoms with van der Waals surface area (Å²) in [5, 5.41) is 16.6. The van der Waals surface area contributed by atoms with E-state index >= 15 is 0 Å². The molecule has 29 heavy (non-hydrogen) atoms. The molecule has 0 spiro atoms. The fourth-order valence-electron chi connectivity index (χ4n) is 3.00. The first kappa shape index (κ1) is 21.5. The Morgan fingerprint density at radius 2 is 1.93 bits per heavy atom. The zero-order chi connectivity index (χ0) is 20.6. The number of rotatable bonds is 7. The normalized spacial score (nSPS) is 15.5. The van der Waals surface area contributed by atoms with Crippen molar-refractivity contribution in [1.82, 2.24) is 20.8 Å². The van der Waals surface area contributed by atoms with E-state index in [9.17, 15) is 14.0 Å². The Kier molecular flexibility index (Phi) is 7.82. The molecule has 0 bridgehead atoms. The second kappa shape index (κ2) is 10.5. The zero-order valence-electron chi connectivity index (χ0n) is 16.1. The fourth-order valence-corrected chi connectivity index (χ4v) is 4.89.